The van der Waals surface area contributed by atoms with Gasteiger partial charge in [-0.15, -0.1) is 0 Å². The van der Waals surface area contributed by atoms with Crippen LogP contribution >= 0.6 is 24.0 Å². The van der Waals surface area contributed by atoms with E-state index < -0.39 is 0 Å². The topological polar surface area (TPSA) is 29.1 Å². The molecule has 1 heterocycles. The van der Waals surface area contributed by atoms with Gasteiger partial charge >= 0.3 is 0 Å². The highest BCUT2D eigenvalue weighted by molar-refractivity contribution is 8.19. The maximum Gasteiger partial charge on any atom is 0.289 e. The van der Waals surface area contributed by atoms with E-state index in [2.05, 4.69) is 19.2 Å². The highest BCUT2D eigenvalue weighted by Gasteiger charge is 2.24. The summed E-state index contributed by atoms with van der Waals surface area (Å²) in [5.74, 6) is 0. The Morgan fingerprint density at radius 3 is 2.21 bits per heavy atom. The van der Waals surface area contributed by atoms with E-state index in [0.29, 0.717) is 4.99 Å². The third-order valence-corrected chi connectivity index (χ3v) is 3.71. The van der Waals surface area contributed by atoms with E-state index in [1.807, 2.05) is 13.8 Å². The second-order valence-electron chi connectivity index (χ2n) is 3.42. The largest absolute Gasteiger partial charge is 0.306 e. The lowest BCUT2D eigenvalue weighted by molar-refractivity contribution is 0.265. The fourth-order valence-corrected chi connectivity index (χ4v) is 2.33. The lowest BCUT2D eigenvalue weighted by Gasteiger charge is -2.06. The van der Waals surface area contributed by atoms with E-state index in [1.54, 1.807) is 0 Å². The molecule has 1 N–H and O–H groups in total. The molecule has 1 aliphatic rings. The van der Waals surface area contributed by atoms with Crippen LogP contribution in [0.3, 0.4) is 0 Å². The minimum atomic E-state index is -0.0779. The van der Waals surface area contributed by atoms with Gasteiger partial charge in [-0.3, -0.25) is 4.79 Å². The summed E-state index contributed by atoms with van der Waals surface area (Å²) in [5.41, 5.74) is 3.54. The van der Waals surface area contributed by atoms with Crippen LogP contribution in [0.4, 0.5) is 4.79 Å². The fraction of sp³-hybridized carbons (Fsp3) is 0.400. The van der Waals surface area contributed by atoms with Crippen molar-refractivity contribution in [1.82, 2.24) is 5.32 Å². The van der Waals surface area contributed by atoms with Crippen LogP contribution in [0.5, 0.6) is 0 Å². The monoisotopic (exact) mass is 227 g/mol. The van der Waals surface area contributed by atoms with Gasteiger partial charge in [0.1, 0.15) is 4.99 Å². The molecular weight excluding hydrogens is 214 g/mol. The van der Waals surface area contributed by atoms with Crippen molar-refractivity contribution in [3.8, 4) is 0 Å². The number of hydrogen-bond donors (Lipinski definition) is 1. The summed E-state index contributed by atoms with van der Waals surface area (Å²) in [6.07, 6.45) is 0. The summed E-state index contributed by atoms with van der Waals surface area (Å²) in [6.45, 7) is 8.15. The van der Waals surface area contributed by atoms with Crippen molar-refractivity contribution in [3.05, 3.63) is 21.6 Å². The van der Waals surface area contributed by atoms with Gasteiger partial charge in [0.15, 0.2) is 0 Å². The number of allylic oxidation sites excluding steroid dienone is 3. The number of nitrogens with one attached hydrogen (secondary N) is 1. The smallest absolute Gasteiger partial charge is 0.289 e. The molecule has 2 nitrogen and oxygen atoms in total. The van der Waals surface area contributed by atoms with E-state index >= 15 is 0 Å². The summed E-state index contributed by atoms with van der Waals surface area (Å²) in [4.78, 5) is 12.5. The second kappa shape index (κ2) is 4.28. The molecule has 14 heavy (non-hydrogen) atoms. The Balaban J connectivity index is 3.13. The summed E-state index contributed by atoms with van der Waals surface area (Å²) in [6, 6.07) is 0. The number of rotatable bonds is 1. The first-order valence-electron chi connectivity index (χ1n) is 4.32. The third kappa shape index (κ3) is 2.25. The average Bonchev–Trinajstić information content (AvgIpc) is 2.42. The van der Waals surface area contributed by atoms with Gasteiger partial charge in [-0.05, 0) is 50.6 Å². The molecule has 0 aliphatic carbocycles. The Hall–Kier alpha value is -0.610. The minimum Gasteiger partial charge on any atom is -0.306 e. The van der Waals surface area contributed by atoms with Crippen LogP contribution in [-0.2, 0) is 0 Å². The Kier molecular flexibility index (Phi) is 3.50. The molecule has 0 spiro atoms. The molecule has 0 saturated carbocycles. The zero-order valence-corrected chi connectivity index (χ0v) is 10.4. The van der Waals surface area contributed by atoms with E-state index in [-0.39, 0.29) is 5.24 Å². The van der Waals surface area contributed by atoms with Gasteiger partial charge in [0.25, 0.3) is 5.24 Å². The molecule has 1 rings (SSSR count). The van der Waals surface area contributed by atoms with Gasteiger partial charge in [-0.2, -0.15) is 0 Å². The number of thioether (sulfide) groups is 1. The predicted octanol–water partition coefficient (Wildman–Crippen LogP) is 3.40. The zero-order chi connectivity index (χ0) is 10.9. The van der Waals surface area contributed by atoms with Crippen molar-refractivity contribution < 1.29 is 4.79 Å². The van der Waals surface area contributed by atoms with Crippen LogP contribution in [-0.4, -0.2) is 10.2 Å². The van der Waals surface area contributed by atoms with Crippen molar-refractivity contribution in [3.63, 3.8) is 0 Å². The van der Waals surface area contributed by atoms with Gasteiger partial charge in [-0.25, -0.2) is 0 Å². The number of thiocarbonyl (C=S) groups is 1. The van der Waals surface area contributed by atoms with Crippen molar-refractivity contribution >= 4 is 34.2 Å². The molecule has 1 aliphatic heterocycles. The van der Waals surface area contributed by atoms with Crippen LogP contribution in [0.2, 0.25) is 0 Å². The molecule has 1 saturated heterocycles. The number of carbonyl (C=O) groups is 1. The second-order valence-corrected chi connectivity index (χ2v) is 4.81. The Bertz CT molecular complexity index is 362. The van der Waals surface area contributed by atoms with Crippen LogP contribution in [0.25, 0.3) is 0 Å². The molecule has 1 amide bonds. The molecule has 0 aromatic heterocycles. The minimum absolute atomic E-state index is 0.0779. The number of amides is 1. The third-order valence-electron chi connectivity index (χ3n) is 2.27. The average molecular weight is 227 g/mol. The first-order valence-corrected chi connectivity index (χ1v) is 5.54. The molecule has 76 valence electrons. The molecule has 4 heteroatoms. The van der Waals surface area contributed by atoms with Gasteiger partial charge in [0.2, 0.25) is 0 Å². The molecule has 0 unspecified atom stereocenters. The first kappa shape index (κ1) is 11.5. The highest BCUT2D eigenvalue weighted by atomic mass is 32.2. The van der Waals surface area contributed by atoms with Crippen LogP contribution in [0.1, 0.15) is 27.7 Å². The van der Waals surface area contributed by atoms with Gasteiger partial charge in [-0.1, -0.05) is 17.8 Å². The normalized spacial score (nSPS) is 19.4. The molecule has 0 aromatic rings. The van der Waals surface area contributed by atoms with Gasteiger partial charge in [0.05, 0.1) is 4.91 Å². The fourth-order valence-electron chi connectivity index (χ4n) is 1.11. The lowest BCUT2D eigenvalue weighted by Crippen LogP contribution is -2.16. The molecule has 0 bridgehead atoms. The lowest BCUT2D eigenvalue weighted by atomic mass is 10.0. The van der Waals surface area contributed by atoms with E-state index in [0.717, 1.165) is 10.5 Å². The van der Waals surface area contributed by atoms with E-state index in [4.69, 9.17) is 12.2 Å². The quantitative estimate of drug-likeness (QED) is 0.550. The van der Waals surface area contributed by atoms with Crippen LogP contribution in [0, 0.1) is 0 Å². The van der Waals surface area contributed by atoms with Crippen LogP contribution < -0.4 is 5.32 Å². The van der Waals surface area contributed by atoms with E-state index in [9.17, 15) is 4.79 Å². The SMILES string of the molecule is CC(C)=C(C)/C(C)=C1\SC(=O)NC1=S. The number of hydrogen-bond acceptors (Lipinski definition) is 3. The maximum absolute atomic E-state index is 11.1. The Morgan fingerprint density at radius 1 is 1.29 bits per heavy atom. The summed E-state index contributed by atoms with van der Waals surface area (Å²) >= 11 is 6.25. The standard InChI is InChI=1S/C10H13NOS2/c1-5(2)6(3)7(4)8-9(13)11-10(12)14-8/h1-4H3,(H,11,12,13)/b8-7-. The summed E-state index contributed by atoms with van der Waals surface area (Å²) in [7, 11) is 0. The van der Waals surface area contributed by atoms with Crippen molar-refractivity contribution in [1.29, 1.82) is 0 Å². The molecule has 0 radical (unpaired) electrons. The van der Waals surface area contributed by atoms with Gasteiger partial charge < -0.3 is 5.32 Å². The molecular formula is C10H13NOS2. The van der Waals surface area contributed by atoms with Gasteiger partial charge in [0, 0.05) is 0 Å². The Morgan fingerprint density at radius 2 is 1.86 bits per heavy atom. The van der Waals surface area contributed by atoms with Crippen LogP contribution in [0.15, 0.2) is 21.6 Å². The predicted molar refractivity (Wildman–Crippen MR) is 65.5 cm³/mol. The molecule has 0 atom stereocenters. The maximum atomic E-state index is 11.1. The number of carbonyl (C=O) groups excluding carboxylic acids is 1. The van der Waals surface area contributed by atoms with E-state index in [1.165, 1.54) is 22.9 Å². The van der Waals surface area contributed by atoms with Crippen molar-refractivity contribution in [2.45, 2.75) is 27.7 Å². The highest BCUT2D eigenvalue weighted by Crippen LogP contribution is 2.31. The summed E-state index contributed by atoms with van der Waals surface area (Å²) < 4.78 is 0. The Labute approximate surface area is 93.8 Å². The molecule has 0 aromatic carbocycles. The zero-order valence-electron chi connectivity index (χ0n) is 8.72. The first-order chi connectivity index (χ1) is 6.43. The molecule has 1 fully saturated rings. The van der Waals surface area contributed by atoms with Crippen molar-refractivity contribution in [2.75, 3.05) is 0 Å². The summed E-state index contributed by atoms with van der Waals surface area (Å²) in [5, 5.41) is 2.54. The van der Waals surface area contributed by atoms with Crippen molar-refractivity contribution in [2.24, 2.45) is 0 Å².